The van der Waals surface area contributed by atoms with Gasteiger partial charge in [0.2, 0.25) is 0 Å². The quantitative estimate of drug-likeness (QED) is 0.467. The van der Waals surface area contributed by atoms with Gasteiger partial charge in [-0.2, -0.15) is 0 Å². The summed E-state index contributed by atoms with van der Waals surface area (Å²) in [4.78, 5) is 0. The van der Waals surface area contributed by atoms with Crippen LogP contribution in [0.5, 0.6) is 0 Å². The topological polar surface area (TPSA) is 0 Å². The minimum atomic E-state index is 1.08. The first-order chi connectivity index (χ1) is 4.29. The Balaban J connectivity index is 3.01. The molecular weight excluding hydrogens is 108 g/mol. The van der Waals surface area contributed by atoms with Gasteiger partial charge in [-0.3, -0.25) is 0 Å². The van der Waals surface area contributed by atoms with Gasteiger partial charge in [-0.05, 0) is 28.0 Å². The van der Waals surface area contributed by atoms with Gasteiger partial charge in [-0.1, -0.05) is 25.3 Å². The zero-order chi connectivity index (χ0) is 6.43. The summed E-state index contributed by atoms with van der Waals surface area (Å²) in [5.41, 5.74) is 2.87. The number of benzene rings is 1. The lowest BCUT2D eigenvalue weighted by molar-refractivity contribution is 1.54. The molecule has 0 saturated heterocycles. The molecule has 0 atom stereocenters. The van der Waals surface area contributed by atoms with Crippen molar-refractivity contribution in [3.05, 3.63) is 33.7 Å². The first-order valence-electron chi connectivity index (χ1n) is 3.07. The molecule has 0 nitrogen and oxygen atoms in total. The van der Waals surface area contributed by atoms with Crippen LogP contribution in [0.1, 0.15) is 11.1 Å². The van der Waals surface area contributed by atoms with Crippen LogP contribution in [0.4, 0.5) is 0 Å². The largest absolute Gasteiger partial charge is 0.0912 e. The number of hydrogen-bond acceptors (Lipinski definition) is 0. The van der Waals surface area contributed by atoms with Gasteiger partial charge in [0.05, 0.1) is 0 Å². The van der Waals surface area contributed by atoms with E-state index in [9.17, 15) is 0 Å². The third-order valence-electron chi connectivity index (χ3n) is 1.87. The third kappa shape index (κ3) is 0.531. The highest BCUT2D eigenvalue weighted by Crippen LogP contribution is 2.20. The van der Waals surface area contributed by atoms with Crippen molar-refractivity contribution in [3.63, 3.8) is 0 Å². The summed E-state index contributed by atoms with van der Waals surface area (Å²) in [5, 5.41) is 2.22. The molecule has 0 unspecified atom stereocenters. The molecule has 0 amide bonds. The summed E-state index contributed by atoms with van der Waals surface area (Å²) in [6.45, 7) is 7.76. The predicted octanol–water partition coefficient (Wildman–Crippen LogP) is 0.411. The summed E-state index contributed by atoms with van der Waals surface area (Å²) in [6, 6.07) is 4.17. The van der Waals surface area contributed by atoms with Crippen molar-refractivity contribution in [3.8, 4) is 0 Å². The Morgan fingerprint density at radius 1 is 1.22 bits per heavy atom. The lowest BCUT2D eigenvalue weighted by atomic mass is 10.3. The Labute approximate surface area is 54.1 Å². The Hall–Kier alpha value is -1.04. The Kier molecular flexibility index (Phi) is 0.677. The van der Waals surface area contributed by atoms with Gasteiger partial charge < -0.3 is 0 Å². The predicted molar refractivity (Wildman–Crippen MR) is 39.5 cm³/mol. The summed E-state index contributed by atoms with van der Waals surface area (Å²) in [5.74, 6) is 0. The second kappa shape index (κ2) is 1.27. The van der Waals surface area contributed by atoms with E-state index in [-0.39, 0.29) is 0 Å². The van der Waals surface area contributed by atoms with E-state index in [0.29, 0.717) is 0 Å². The highest BCUT2D eigenvalue weighted by Gasteiger charge is 2.15. The number of hydrogen-bond donors (Lipinski definition) is 0. The monoisotopic (exact) mass is 116 g/mol. The van der Waals surface area contributed by atoms with Gasteiger partial charge in [-0.25, -0.2) is 0 Å². The van der Waals surface area contributed by atoms with Crippen molar-refractivity contribution in [2.75, 3.05) is 0 Å². The van der Waals surface area contributed by atoms with Crippen LogP contribution in [0.25, 0.3) is 13.2 Å². The molecule has 0 bridgehead atoms. The molecule has 0 N–H and O–H groups in total. The summed E-state index contributed by atoms with van der Waals surface area (Å²) in [6.07, 6.45) is 1.15. The van der Waals surface area contributed by atoms with E-state index in [2.05, 4.69) is 19.2 Å². The first kappa shape index (κ1) is 4.80. The molecule has 0 aromatic heterocycles. The molecule has 0 saturated carbocycles. The fourth-order valence-corrected chi connectivity index (χ4v) is 1.10. The Bertz CT molecular complexity index is 347. The number of fused-ring (bicyclic) bond motifs is 1. The first-order valence-corrected chi connectivity index (χ1v) is 3.07. The van der Waals surface area contributed by atoms with Gasteiger partial charge in [0.15, 0.2) is 0 Å². The van der Waals surface area contributed by atoms with Crippen LogP contribution in [-0.2, 0) is 6.42 Å². The van der Waals surface area contributed by atoms with Crippen LogP contribution in [0.2, 0.25) is 0 Å². The average molecular weight is 116 g/mol. The van der Waals surface area contributed by atoms with Crippen LogP contribution in [-0.4, -0.2) is 0 Å². The van der Waals surface area contributed by atoms with Gasteiger partial charge in [0.25, 0.3) is 0 Å². The van der Waals surface area contributed by atoms with Crippen molar-refractivity contribution in [2.24, 2.45) is 0 Å². The molecule has 44 valence electrons. The molecule has 0 heterocycles. The molecule has 1 aliphatic rings. The minimum Gasteiger partial charge on any atom is -0.0912 e. The molecule has 0 radical (unpaired) electrons. The molecule has 1 aromatic carbocycles. The van der Waals surface area contributed by atoms with Gasteiger partial charge >= 0.3 is 0 Å². The normalized spacial score (nSPS) is 12.9. The molecule has 9 heavy (non-hydrogen) atoms. The standard InChI is InChI=1S/C9H8/c1-6-3-4-8-5-9(8)7(6)2/h3-4H,1-2,5H2. The summed E-state index contributed by atoms with van der Waals surface area (Å²) >= 11 is 0. The lowest BCUT2D eigenvalue weighted by Crippen LogP contribution is -2.20. The van der Waals surface area contributed by atoms with Crippen LogP contribution in [0, 0.1) is 0 Å². The highest BCUT2D eigenvalue weighted by atomic mass is 14.2. The van der Waals surface area contributed by atoms with Crippen molar-refractivity contribution in [1.82, 2.24) is 0 Å². The number of rotatable bonds is 0. The maximum Gasteiger partial charge on any atom is -0.00139 e. The van der Waals surface area contributed by atoms with E-state index < -0.39 is 0 Å². The van der Waals surface area contributed by atoms with Crippen molar-refractivity contribution in [1.29, 1.82) is 0 Å². The smallest absolute Gasteiger partial charge is 0.00139 e. The van der Waals surface area contributed by atoms with Gasteiger partial charge in [0, 0.05) is 0 Å². The average Bonchev–Trinajstić information content (AvgIpc) is 2.58. The van der Waals surface area contributed by atoms with E-state index in [0.717, 1.165) is 16.9 Å². The SMILES string of the molecule is C=c1ccc2c(c1=C)C2. The molecular formula is C9H8. The molecule has 1 aliphatic carbocycles. The van der Waals surface area contributed by atoms with E-state index in [1.807, 2.05) is 6.07 Å². The molecule has 1 aromatic rings. The lowest BCUT2D eigenvalue weighted by Gasteiger charge is -1.79. The second-order valence-corrected chi connectivity index (χ2v) is 2.52. The minimum absolute atomic E-state index is 1.08. The van der Waals surface area contributed by atoms with Crippen molar-refractivity contribution < 1.29 is 0 Å². The van der Waals surface area contributed by atoms with Crippen molar-refractivity contribution >= 4 is 13.2 Å². The molecule has 0 aliphatic heterocycles. The maximum atomic E-state index is 3.91. The molecule has 0 heteroatoms. The molecule has 0 spiro atoms. The van der Waals surface area contributed by atoms with Crippen LogP contribution < -0.4 is 10.4 Å². The van der Waals surface area contributed by atoms with E-state index >= 15 is 0 Å². The Morgan fingerprint density at radius 2 is 2.00 bits per heavy atom. The van der Waals surface area contributed by atoms with E-state index in [1.165, 1.54) is 11.1 Å². The van der Waals surface area contributed by atoms with Gasteiger partial charge in [-0.15, -0.1) is 0 Å². The fourth-order valence-electron chi connectivity index (χ4n) is 1.10. The zero-order valence-electron chi connectivity index (χ0n) is 5.28. The van der Waals surface area contributed by atoms with Gasteiger partial charge in [0.1, 0.15) is 0 Å². The van der Waals surface area contributed by atoms with E-state index in [4.69, 9.17) is 0 Å². The maximum absolute atomic E-state index is 3.91. The zero-order valence-corrected chi connectivity index (χ0v) is 5.28. The summed E-state index contributed by atoms with van der Waals surface area (Å²) < 4.78 is 0. The molecule has 2 rings (SSSR count). The van der Waals surface area contributed by atoms with Crippen molar-refractivity contribution in [2.45, 2.75) is 6.42 Å². The molecule has 0 fully saturated rings. The van der Waals surface area contributed by atoms with Crippen LogP contribution >= 0.6 is 0 Å². The third-order valence-corrected chi connectivity index (χ3v) is 1.87. The van der Waals surface area contributed by atoms with E-state index in [1.54, 1.807) is 0 Å². The Morgan fingerprint density at radius 3 is 2.67 bits per heavy atom. The van der Waals surface area contributed by atoms with Crippen LogP contribution in [0.3, 0.4) is 0 Å². The highest BCUT2D eigenvalue weighted by molar-refractivity contribution is 5.47. The summed E-state index contributed by atoms with van der Waals surface area (Å²) in [7, 11) is 0. The van der Waals surface area contributed by atoms with Crippen LogP contribution in [0.15, 0.2) is 12.1 Å². The fraction of sp³-hybridized carbons (Fsp3) is 0.111. The second-order valence-electron chi connectivity index (χ2n) is 2.52.